The lowest BCUT2D eigenvalue weighted by Gasteiger charge is -2.15. The van der Waals surface area contributed by atoms with Crippen LogP contribution in [-0.2, 0) is 0 Å². The fourth-order valence-corrected chi connectivity index (χ4v) is 2.61. The van der Waals surface area contributed by atoms with E-state index < -0.39 is 0 Å². The second-order valence-electron chi connectivity index (χ2n) is 4.61. The molecule has 2 aromatic rings. The van der Waals surface area contributed by atoms with E-state index in [1.165, 1.54) is 30.5 Å². The molecule has 0 aliphatic rings. The van der Waals surface area contributed by atoms with Crippen molar-refractivity contribution in [1.29, 1.82) is 0 Å². The quantitative estimate of drug-likeness (QED) is 0.807. The fraction of sp³-hybridized carbons (Fsp3) is 0.400. The summed E-state index contributed by atoms with van der Waals surface area (Å²) in [5.41, 5.74) is 2.38. The van der Waals surface area contributed by atoms with Gasteiger partial charge in [0, 0.05) is 28.9 Å². The van der Waals surface area contributed by atoms with Gasteiger partial charge < -0.3 is 5.32 Å². The lowest BCUT2D eigenvalue weighted by Crippen LogP contribution is -2.14. The molecule has 0 saturated carbocycles. The molecule has 0 radical (unpaired) electrons. The molecule has 1 heterocycles. The van der Waals surface area contributed by atoms with Gasteiger partial charge in [-0.1, -0.05) is 31.9 Å². The van der Waals surface area contributed by atoms with Crippen molar-refractivity contribution in [3.05, 3.63) is 35.8 Å². The average Bonchev–Trinajstić information content (AvgIpc) is 2.90. The van der Waals surface area contributed by atoms with Crippen molar-refractivity contribution in [3.8, 4) is 10.6 Å². The van der Waals surface area contributed by atoms with Gasteiger partial charge in [0.15, 0.2) is 0 Å². The van der Waals surface area contributed by atoms with E-state index in [9.17, 15) is 0 Å². The van der Waals surface area contributed by atoms with Crippen LogP contribution >= 0.6 is 11.3 Å². The summed E-state index contributed by atoms with van der Waals surface area (Å²) < 4.78 is 0. The first kappa shape index (κ1) is 13.1. The number of aromatic nitrogens is 1. The van der Waals surface area contributed by atoms with Crippen LogP contribution in [-0.4, -0.2) is 11.0 Å². The first-order valence-electron chi connectivity index (χ1n) is 6.56. The number of thiazole rings is 1. The Labute approximate surface area is 113 Å². The molecular formula is C15H20N2S. The van der Waals surface area contributed by atoms with E-state index in [1.807, 2.05) is 11.6 Å². The van der Waals surface area contributed by atoms with E-state index in [2.05, 4.69) is 48.4 Å². The molecule has 3 heteroatoms. The number of anilines is 1. The highest BCUT2D eigenvalue weighted by Gasteiger charge is 2.04. The van der Waals surface area contributed by atoms with Crippen LogP contribution in [0.3, 0.4) is 0 Å². The highest BCUT2D eigenvalue weighted by Crippen LogP contribution is 2.24. The lowest BCUT2D eigenvalue weighted by atomic mass is 10.1. The predicted octanol–water partition coefficient (Wildman–Crippen LogP) is 4.80. The molecule has 18 heavy (non-hydrogen) atoms. The zero-order valence-corrected chi connectivity index (χ0v) is 11.8. The maximum atomic E-state index is 4.35. The number of rotatable bonds is 6. The molecule has 2 rings (SSSR count). The van der Waals surface area contributed by atoms with Crippen molar-refractivity contribution in [2.24, 2.45) is 0 Å². The Bertz CT molecular complexity index is 465. The molecule has 1 aromatic carbocycles. The fourth-order valence-electron chi connectivity index (χ4n) is 1.98. The Morgan fingerprint density at radius 2 is 2.28 bits per heavy atom. The van der Waals surface area contributed by atoms with Gasteiger partial charge in [-0.25, -0.2) is 4.98 Å². The number of hydrogen-bond donors (Lipinski definition) is 1. The highest BCUT2D eigenvalue weighted by molar-refractivity contribution is 7.13. The summed E-state index contributed by atoms with van der Waals surface area (Å²) >= 11 is 1.68. The van der Waals surface area contributed by atoms with Crippen molar-refractivity contribution >= 4 is 17.0 Å². The van der Waals surface area contributed by atoms with E-state index >= 15 is 0 Å². The third-order valence-corrected chi connectivity index (χ3v) is 3.77. The molecule has 0 bridgehead atoms. The van der Waals surface area contributed by atoms with Crippen molar-refractivity contribution < 1.29 is 0 Å². The second-order valence-corrected chi connectivity index (χ2v) is 5.50. The number of nitrogens with zero attached hydrogens (tertiary/aromatic N) is 1. The van der Waals surface area contributed by atoms with Crippen LogP contribution in [0, 0.1) is 0 Å². The topological polar surface area (TPSA) is 24.9 Å². The molecule has 1 unspecified atom stereocenters. The molecule has 1 atom stereocenters. The van der Waals surface area contributed by atoms with Crippen LogP contribution in [0.4, 0.5) is 5.69 Å². The minimum absolute atomic E-state index is 0.525. The minimum Gasteiger partial charge on any atom is -0.383 e. The van der Waals surface area contributed by atoms with Crippen LogP contribution in [0.25, 0.3) is 10.6 Å². The van der Waals surface area contributed by atoms with Gasteiger partial charge in [0.05, 0.1) is 0 Å². The molecule has 1 N–H and O–H groups in total. The van der Waals surface area contributed by atoms with Gasteiger partial charge in [-0.2, -0.15) is 0 Å². The van der Waals surface area contributed by atoms with Crippen molar-refractivity contribution in [1.82, 2.24) is 4.98 Å². The van der Waals surface area contributed by atoms with Crippen molar-refractivity contribution in [2.45, 2.75) is 39.2 Å². The zero-order valence-electron chi connectivity index (χ0n) is 11.0. The molecular weight excluding hydrogens is 240 g/mol. The SMILES string of the molecule is CCCCC(C)Nc1cccc(-c2nccs2)c1. The Morgan fingerprint density at radius 1 is 1.39 bits per heavy atom. The van der Waals surface area contributed by atoms with Gasteiger partial charge in [-0.05, 0) is 25.5 Å². The van der Waals surface area contributed by atoms with Gasteiger partial charge in [-0.3, -0.25) is 0 Å². The van der Waals surface area contributed by atoms with Crippen LogP contribution in [0.2, 0.25) is 0 Å². The number of unbranched alkanes of at least 4 members (excludes halogenated alkanes) is 1. The van der Waals surface area contributed by atoms with E-state index in [4.69, 9.17) is 0 Å². The Hall–Kier alpha value is -1.35. The van der Waals surface area contributed by atoms with Crippen molar-refractivity contribution in [3.63, 3.8) is 0 Å². The zero-order chi connectivity index (χ0) is 12.8. The van der Waals surface area contributed by atoms with Crippen LogP contribution in [0.5, 0.6) is 0 Å². The summed E-state index contributed by atoms with van der Waals surface area (Å²) in [6, 6.07) is 9.03. The van der Waals surface area contributed by atoms with Crippen LogP contribution in [0.1, 0.15) is 33.1 Å². The van der Waals surface area contributed by atoms with Gasteiger partial charge in [-0.15, -0.1) is 11.3 Å². The number of benzene rings is 1. The first-order chi connectivity index (χ1) is 8.79. The Balaban J connectivity index is 2.03. The summed E-state index contributed by atoms with van der Waals surface area (Å²) in [6.45, 7) is 4.47. The molecule has 0 amide bonds. The molecule has 0 fully saturated rings. The maximum absolute atomic E-state index is 4.35. The third-order valence-electron chi connectivity index (χ3n) is 2.95. The maximum Gasteiger partial charge on any atom is 0.123 e. The second kappa shape index (κ2) is 6.55. The van der Waals surface area contributed by atoms with Crippen molar-refractivity contribution in [2.75, 3.05) is 5.32 Å². The van der Waals surface area contributed by atoms with E-state index in [0.717, 1.165) is 5.01 Å². The Kier molecular flexibility index (Phi) is 4.76. The molecule has 0 aliphatic carbocycles. The van der Waals surface area contributed by atoms with Crippen LogP contribution in [0.15, 0.2) is 35.8 Å². The van der Waals surface area contributed by atoms with Gasteiger partial charge in [0.25, 0.3) is 0 Å². The summed E-state index contributed by atoms with van der Waals surface area (Å²) in [6.07, 6.45) is 5.60. The molecule has 96 valence electrons. The number of nitrogens with one attached hydrogen (secondary N) is 1. The summed E-state index contributed by atoms with van der Waals surface area (Å²) in [7, 11) is 0. The van der Waals surface area contributed by atoms with Gasteiger partial charge >= 0.3 is 0 Å². The smallest absolute Gasteiger partial charge is 0.123 e. The minimum atomic E-state index is 0.525. The highest BCUT2D eigenvalue weighted by atomic mass is 32.1. The lowest BCUT2D eigenvalue weighted by molar-refractivity contribution is 0.645. The average molecular weight is 260 g/mol. The molecule has 0 saturated heterocycles. The van der Waals surface area contributed by atoms with Gasteiger partial charge in [0.2, 0.25) is 0 Å². The monoisotopic (exact) mass is 260 g/mol. The first-order valence-corrected chi connectivity index (χ1v) is 7.44. The molecule has 0 aliphatic heterocycles. The van der Waals surface area contributed by atoms with E-state index in [0.29, 0.717) is 6.04 Å². The largest absolute Gasteiger partial charge is 0.383 e. The summed E-state index contributed by atoms with van der Waals surface area (Å²) in [4.78, 5) is 4.35. The van der Waals surface area contributed by atoms with E-state index in [-0.39, 0.29) is 0 Å². The predicted molar refractivity (Wildman–Crippen MR) is 80.2 cm³/mol. The molecule has 1 aromatic heterocycles. The summed E-state index contributed by atoms with van der Waals surface area (Å²) in [5.74, 6) is 0. The normalized spacial score (nSPS) is 12.3. The van der Waals surface area contributed by atoms with E-state index in [1.54, 1.807) is 11.3 Å². The molecule has 0 spiro atoms. The summed E-state index contributed by atoms with van der Waals surface area (Å²) in [5, 5.41) is 6.65. The standard InChI is InChI=1S/C15H20N2S/c1-3-4-6-12(2)17-14-8-5-7-13(11-14)15-16-9-10-18-15/h5,7-12,17H,3-4,6H2,1-2H3. The molecule has 2 nitrogen and oxygen atoms in total. The Morgan fingerprint density at radius 3 is 3.00 bits per heavy atom. The van der Waals surface area contributed by atoms with Gasteiger partial charge in [0.1, 0.15) is 5.01 Å². The third kappa shape index (κ3) is 3.57. The number of hydrogen-bond acceptors (Lipinski definition) is 3. The van der Waals surface area contributed by atoms with Crippen LogP contribution < -0.4 is 5.32 Å².